The Morgan fingerprint density at radius 1 is 0.517 bits per heavy atom. The lowest BCUT2D eigenvalue weighted by Crippen LogP contribution is -2.50. The van der Waals surface area contributed by atoms with Crippen molar-refractivity contribution >= 4 is 11.9 Å². The zero-order chi connectivity index (χ0) is 40.7. The lowest BCUT2D eigenvalue weighted by molar-refractivity contribution is -0.156. The standard InChI is InChI=1S/2C21H20O8/c2*1-25-16-5-11(6-17(26-2)19(16)22)18-13-7-15-14(28-9-29-15)4-10(13)3-12-8-27-20(23)21(12,18)24/h2*4-7,12,18,22,24H,3,8-9H2,1-2H3/t2*12-,18+,21+/m00/s1. The van der Waals surface area contributed by atoms with Gasteiger partial charge in [0.25, 0.3) is 0 Å². The maximum atomic E-state index is 12.7. The highest BCUT2D eigenvalue weighted by Gasteiger charge is 2.61. The number of carbonyl (C=O) groups excluding carboxylic acids is 2. The number of fused-ring (bicyclic) bond motifs is 6. The van der Waals surface area contributed by atoms with Crippen LogP contribution in [0.2, 0.25) is 0 Å². The number of aliphatic hydroxyl groups is 2. The molecule has 58 heavy (non-hydrogen) atoms. The van der Waals surface area contributed by atoms with Crippen LogP contribution in [-0.4, -0.2) is 98.8 Å². The summed E-state index contributed by atoms with van der Waals surface area (Å²) in [5, 5.41) is 43.8. The Balaban J connectivity index is 0.000000150. The smallest absolute Gasteiger partial charge is 0.339 e. The minimum Gasteiger partial charge on any atom is -0.502 e. The first-order valence-corrected chi connectivity index (χ1v) is 18.5. The number of esters is 2. The van der Waals surface area contributed by atoms with Gasteiger partial charge in [0.15, 0.2) is 57.2 Å². The summed E-state index contributed by atoms with van der Waals surface area (Å²) in [5.41, 5.74) is 0.964. The van der Waals surface area contributed by atoms with Crippen molar-refractivity contribution < 1.29 is 77.4 Å². The summed E-state index contributed by atoms with van der Waals surface area (Å²) in [6, 6.07) is 13.8. The van der Waals surface area contributed by atoms with Gasteiger partial charge in [0.05, 0.1) is 41.7 Å². The van der Waals surface area contributed by atoms with Crippen molar-refractivity contribution in [2.75, 3.05) is 55.2 Å². The number of benzene rings is 4. The fourth-order valence-electron chi connectivity index (χ4n) is 9.23. The molecule has 4 aromatic rings. The molecule has 0 unspecified atom stereocenters. The van der Waals surface area contributed by atoms with Crippen LogP contribution in [0.15, 0.2) is 48.5 Å². The van der Waals surface area contributed by atoms with Crippen molar-refractivity contribution in [3.8, 4) is 57.5 Å². The quantitative estimate of drug-likeness (QED) is 0.206. The summed E-state index contributed by atoms with van der Waals surface area (Å²) in [4.78, 5) is 25.4. The van der Waals surface area contributed by atoms with Crippen LogP contribution in [0.5, 0.6) is 57.5 Å². The first-order valence-electron chi connectivity index (χ1n) is 18.5. The molecule has 4 aliphatic heterocycles. The minimum absolute atomic E-state index is 0.124. The second-order valence-electron chi connectivity index (χ2n) is 14.9. The number of hydrogen-bond donors (Lipinski definition) is 4. The van der Waals surface area contributed by atoms with Gasteiger partial charge in [-0.3, -0.25) is 0 Å². The fraction of sp³-hybridized carbons (Fsp3) is 0.381. The van der Waals surface area contributed by atoms with E-state index in [0.717, 1.165) is 22.3 Å². The first-order chi connectivity index (χ1) is 27.9. The lowest BCUT2D eigenvalue weighted by atomic mass is 9.64. The molecule has 16 heteroatoms. The number of carbonyl (C=O) groups is 2. The zero-order valence-electron chi connectivity index (χ0n) is 31.9. The Morgan fingerprint density at radius 3 is 1.17 bits per heavy atom. The molecular formula is C42H40O16. The second kappa shape index (κ2) is 13.7. The Morgan fingerprint density at radius 2 is 0.845 bits per heavy atom. The second-order valence-corrected chi connectivity index (χ2v) is 14.9. The number of cyclic esters (lactones) is 2. The van der Waals surface area contributed by atoms with Crippen LogP contribution in [0.3, 0.4) is 0 Å². The molecule has 0 radical (unpaired) electrons. The van der Waals surface area contributed by atoms with Crippen molar-refractivity contribution in [2.45, 2.75) is 35.9 Å². The van der Waals surface area contributed by atoms with E-state index in [2.05, 4.69) is 0 Å². The molecule has 4 N–H and O–H groups in total. The van der Waals surface area contributed by atoms with Gasteiger partial charge in [-0.15, -0.1) is 0 Å². The molecular weight excluding hydrogens is 760 g/mol. The van der Waals surface area contributed by atoms with Gasteiger partial charge in [-0.2, -0.15) is 0 Å². The predicted octanol–water partition coefficient (Wildman–Crippen LogP) is 3.46. The van der Waals surface area contributed by atoms with E-state index in [1.165, 1.54) is 28.4 Å². The molecule has 4 aromatic carbocycles. The van der Waals surface area contributed by atoms with Crippen molar-refractivity contribution in [1.82, 2.24) is 0 Å². The molecule has 2 saturated heterocycles. The minimum atomic E-state index is -1.76. The monoisotopic (exact) mass is 800 g/mol. The van der Waals surface area contributed by atoms with E-state index < -0.39 is 46.8 Å². The molecule has 0 spiro atoms. The molecule has 6 aliphatic rings. The molecule has 16 nitrogen and oxygen atoms in total. The highest BCUT2D eigenvalue weighted by Crippen LogP contribution is 2.56. The van der Waals surface area contributed by atoms with Crippen LogP contribution in [0.25, 0.3) is 0 Å². The Labute approximate surface area is 331 Å². The Kier molecular flexibility index (Phi) is 8.81. The zero-order valence-corrected chi connectivity index (χ0v) is 31.9. The summed E-state index contributed by atoms with van der Waals surface area (Å²) < 4.78 is 53.7. The van der Waals surface area contributed by atoms with Crippen LogP contribution in [0, 0.1) is 11.8 Å². The molecule has 4 heterocycles. The lowest BCUT2D eigenvalue weighted by Gasteiger charge is -2.40. The maximum absolute atomic E-state index is 12.7. The number of rotatable bonds is 6. The van der Waals surface area contributed by atoms with Gasteiger partial charge < -0.3 is 67.8 Å². The third-order valence-electron chi connectivity index (χ3n) is 12.1. The number of ether oxygens (including phenoxy) is 10. The molecule has 6 atom stereocenters. The van der Waals surface area contributed by atoms with Crippen LogP contribution in [0.4, 0.5) is 0 Å². The summed E-state index contributed by atoms with van der Waals surface area (Å²) in [7, 11) is 5.69. The summed E-state index contributed by atoms with van der Waals surface area (Å²) in [6.45, 7) is 0.511. The van der Waals surface area contributed by atoms with E-state index in [1.54, 1.807) is 36.4 Å². The molecule has 0 aromatic heterocycles. The van der Waals surface area contributed by atoms with Gasteiger partial charge in [0.1, 0.15) is 0 Å². The SMILES string of the molecule is COc1cc([C@@H]2c3cc4c(cc3C[C@H]3COC(=O)[C@@]32O)OCO4)cc(OC)c1O.COc1cc([C@@H]2c3cc4c(cc3C[C@H]3COC(=O)[C@@]32O)OCO4)cc(OC)c1O. The average Bonchev–Trinajstić information content (AvgIpc) is 4.01. The maximum Gasteiger partial charge on any atom is 0.339 e. The number of phenolic OH excluding ortho intramolecular Hbond substituents is 2. The highest BCUT2D eigenvalue weighted by molar-refractivity contribution is 5.86. The third kappa shape index (κ3) is 5.41. The predicted molar refractivity (Wildman–Crippen MR) is 197 cm³/mol. The molecule has 0 bridgehead atoms. The van der Waals surface area contributed by atoms with Crippen molar-refractivity contribution in [3.05, 3.63) is 81.9 Å². The van der Waals surface area contributed by atoms with Gasteiger partial charge in [-0.05, 0) is 94.8 Å². The Bertz CT molecular complexity index is 2140. The number of methoxy groups -OCH3 is 4. The summed E-state index contributed by atoms with van der Waals surface area (Å²) in [5.74, 6) is -0.891. The van der Waals surface area contributed by atoms with Gasteiger partial charge >= 0.3 is 11.9 Å². The van der Waals surface area contributed by atoms with Crippen LogP contribution < -0.4 is 37.9 Å². The van der Waals surface area contributed by atoms with Crippen LogP contribution in [-0.2, 0) is 31.9 Å². The van der Waals surface area contributed by atoms with Gasteiger partial charge in [-0.1, -0.05) is 0 Å². The van der Waals surface area contributed by atoms with Gasteiger partial charge in [0, 0.05) is 23.7 Å². The van der Waals surface area contributed by atoms with Crippen LogP contribution in [0.1, 0.15) is 45.2 Å². The molecule has 0 saturated carbocycles. The van der Waals surface area contributed by atoms with E-state index >= 15 is 0 Å². The first kappa shape index (κ1) is 37.3. The van der Waals surface area contributed by atoms with Crippen molar-refractivity contribution in [2.24, 2.45) is 11.8 Å². The average molecular weight is 801 g/mol. The van der Waals surface area contributed by atoms with Crippen molar-refractivity contribution in [3.63, 3.8) is 0 Å². The number of phenols is 2. The largest absolute Gasteiger partial charge is 0.502 e. The number of aromatic hydroxyl groups is 2. The van der Waals surface area contributed by atoms with Crippen molar-refractivity contribution in [1.29, 1.82) is 0 Å². The van der Waals surface area contributed by atoms with E-state index in [1.807, 2.05) is 12.1 Å². The van der Waals surface area contributed by atoms with Gasteiger partial charge in [0.2, 0.25) is 25.1 Å². The van der Waals surface area contributed by atoms with Gasteiger partial charge in [-0.25, -0.2) is 9.59 Å². The summed E-state index contributed by atoms with van der Waals surface area (Å²) in [6.07, 6.45) is 0.939. The van der Waals surface area contributed by atoms with E-state index in [0.29, 0.717) is 47.0 Å². The van der Waals surface area contributed by atoms with E-state index in [4.69, 9.17) is 47.4 Å². The molecule has 304 valence electrons. The molecule has 2 fully saturated rings. The third-order valence-corrected chi connectivity index (χ3v) is 12.1. The number of hydrogen-bond acceptors (Lipinski definition) is 16. The topological polar surface area (TPSA) is 207 Å². The van der Waals surface area contributed by atoms with E-state index in [9.17, 15) is 30.0 Å². The molecule has 0 amide bonds. The Hall–Kier alpha value is -6.26. The van der Waals surface area contributed by atoms with E-state index in [-0.39, 0.29) is 61.3 Å². The molecule has 10 rings (SSSR count). The highest BCUT2D eigenvalue weighted by atomic mass is 16.7. The fourth-order valence-corrected chi connectivity index (χ4v) is 9.23. The normalized spacial score (nSPS) is 26.5. The van der Waals surface area contributed by atoms with Crippen LogP contribution >= 0.6 is 0 Å². The summed E-state index contributed by atoms with van der Waals surface area (Å²) >= 11 is 0. The molecule has 2 aliphatic carbocycles.